The molecule has 0 radical (unpaired) electrons. The summed E-state index contributed by atoms with van der Waals surface area (Å²) in [6, 6.07) is 6.76. The zero-order valence-electron chi connectivity index (χ0n) is 12.3. The average molecular weight is 280 g/mol. The van der Waals surface area contributed by atoms with Gasteiger partial charge in [0, 0.05) is 13.1 Å². The Morgan fingerprint density at radius 3 is 2.45 bits per heavy atom. The van der Waals surface area contributed by atoms with Crippen molar-refractivity contribution >= 4 is 6.03 Å². The minimum Gasteiger partial charge on any atom is -0.508 e. The van der Waals surface area contributed by atoms with E-state index in [9.17, 15) is 9.90 Å². The average Bonchev–Trinajstić information content (AvgIpc) is 2.44. The lowest BCUT2D eigenvalue weighted by molar-refractivity contribution is 0.155. The fourth-order valence-corrected chi connectivity index (χ4v) is 1.75. The molecule has 5 heteroatoms. The number of phenols is 1. The van der Waals surface area contributed by atoms with Crippen LogP contribution in [0.15, 0.2) is 24.3 Å². The number of likely N-dealkylation sites (N-methyl/N-ethyl adjacent to an activating group) is 1. The summed E-state index contributed by atoms with van der Waals surface area (Å²) >= 11 is 0. The number of amides is 2. The minimum atomic E-state index is -0.195. The molecule has 3 N–H and O–H groups in total. The Hall–Kier alpha value is -1.75. The van der Waals surface area contributed by atoms with E-state index in [0.29, 0.717) is 0 Å². The van der Waals surface area contributed by atoms with Crippen LogP contribution in [-0.4, -0.2) is 46.9 Å². The SMILES string of the molecule is CC(CCc1ccc(O)cc1)NC(=O)N(C)C(C)CO. The maximum absolute atomic E-state index is 11.9. The monoisotopic (exact) mass is 280 g/mol. The molecule has 0 aliphatic carbocycles. The van der Waals surface area contributed by atoms with Gasteiger partial charge < -0.3 is 20.4 Å². The molecule has 0 aliphatic heterocycles. The van der Waals surface area contributed by atoms with Gasteiger partial charge >= 0.3 is 6.03 Å². The molecule has 20 heavy (non-hydrogen) atoms. The highest BCUT2D eigenvalue weighted by atomic mass is 16.3. The summed E-state index contributed by atoms with van der Waals surface area (Å²) in [5, 5.41) is 21.1. The molecule has 1 aromatic carbocycles. The quantitative estimate of drug-likeness (QED) is 0.743. The van der Waals surface area contributed by atoms with Gasteiger partial charge in [-0.2, -0.15) is 0 Å². The molecular weight excluding hydrogens is 256 g/mol. The number of benzene rings is 1. The van der Waals surface area contributed by atoms with Gasteiger partial charge in [-0.3, -0.25) is 0 Å². The first-order valence-electron chi connectivity index (χ1n) is 6.86. The van der Waals surface area contributed by atoms with Crippen LogP contribution < -0.4 is 5.32 Å². The summed E-state index contributed by atoms with van der Waals surface area (Å²) in [7, 11) is 1.67. The van der Waals surface area contributed by atoms with Gasteiger partial charge in [0.05, 0.1) is 12.6 Å². The van der Waals surface area contributed by atoms with Crippen molar-refractivity contribution in [2.45, 2.75) is 38.8 Å². The van der Waals surface area contributed by atoms with Crippen molar-refractivity contribution in [1.29, 1.82) is 0 Å². The molecule has 0 saturated carbocycles. The molecule has 0 aliphatic rings. The van der Waals surface area contributed by atoms with E-state index in [0.717, 1.165) is 18.4 Å². The van der Waals surface area contributed by atoms with Gasteiger partial charge in [-0.1, -0.05) is 12.1 Å². The Balaban J connectivity index is 2.38. The van der Waals surface area contributed by atoms with E-state index in [2.05, 4.69) is 5.32 Å². The highest BCUT2D eigenvalue weighted by molar-refractivity contribution is 5.74. The molecule has 0 fully saturated rings. The van der Waals surface area contributed by atoms with Gasteiger partial charge in [0.25, 0.3) is 0 Å². The molecule has 2 amide bonds. The largest absolute Gasteiger partial charge is 0.508 e. The number of rotatable bonds is 6. The minimum absolute atomic E-state index is 0.0460. The molecule has 112 valence electrons. The second-order valence-corrected chi connectivity index (χ2v) is 5.20. The number of aromatic hydroxyl groups is 1. The smallest absolute Gasteiger partial charge is 0.317 e. The van der Waals surface area contributed by atoms with Gasteiger partial charge in [0.2, 0.25) is 0 Å². The Kier molecular flexibility index (Phi) is 6.31. The van der Waals surface area contributed by atoms with Gasteiger partial charge in [0.1, 0.15) is 5.75 Å². The first-order chi connectivity index (χ1) is 9.43. The molecule has 2 atom stereocenters. The second kappa shape index (κ2) is 7.75. The van der Waals surface area contributed by atoms with E-state index in [1.807, 2.05) is 19.1 Å². The predicted octanol–water partition coefficient (Wildman–Crippen LogP) is 1.74. The number of aryl methyl sites for hydroxylation is 1. The summed E-state index contributed by atoms with van der Waals surface area (Å²) in [5.74, 6) is 0.259. The van der Waals surface area contributed by atoms with Gasteiger partial charge in [-0.15, -0.1) is 0 Å². The first kappa shape index (κ1) is 16.3. The number of phenolic OH excluding ortho intramolecular Hbond substituents is 1. The zero-order valence-corrected chi connectivity index (χ0v) is 12.3. The summed E-state index contributed by atoms with van der Waals surface area (Å²) in [5.41, 5.74) is 1.13. The van der Waals surface area contributed by atoms with Crippen LogP contribution in [0.25, 0.3) is 0 Å². The van der Waals surface area contributed by atoms with E-state index in [1.54, 1.807) is 26.1 Å². The lowest BCUT2D eigenvalue weighted by Gasteiger charge is -2.25. The first-order valence-corrected chi connectivity index (χ1v) is 6.86. The van der Waals surface area contributed by atoms with Crippen LogP contribution in [0.4, 0.5) is 4.79 Å². The molecule has 0 bridgehead atoms. The topological polar surface area (TPSA) is 72.8 Å². The molecule has 1 aromatic rings. The van der Waals surface area contributed by atoms with Crippen molar-refractivity contribution in [3.8, 4) is 5.75 Å². The maximum Gasteiger partial charge on any atom is 0.317 e. The van der Waals surface area contributed by atoms with Gasteiger partial charge in [-0.25, -0.2) is 4.79 Å². The number of aliphatic hydroxyl groups is 1. The molecule has 2 unspecified atom stereocenters. The van der Waals surface area contributed by atoms with E-state index >= 15 is 0 Å². The van der Waals surface area contributed by atoms with Crippen LogP contribution >= 0.6 is 0 Å². The number of nitrogens with one attached hydrogen (secondary N) is 1. The Morgan fingerprint density at radius 2 is 1.90 bits per heavy atom. The van der Waals surface area contributed by atoms with Crippen LogP contribution in [0.5, 0.6) is 5.75 Å². The Labute approximate surface area is 120 Å². The number of aliphatic hydroxyl groups excluding tert-OH is 1. The lowest BCUT2D eigenvalue weighted by Crippen LogP contribution is -2.46. The third-order valence-corrected chi connectivity index (χ3v) is 3.42. The number of carbonyl (C=O) groups excluding carboxylic acids is 1. The summed E-state index contributed by atoms with van der Waals surface area (Å²) < 4.78 is 0. The van der Waals surface area contributed by atoms with Crippen molar-refractivity contribution in [1.82, 2.24) is 10.2 Å². The fraction of sp³-hybridized carbons (Fsp3) is 0.533. The molecule has 0 spiro atoms. The van der Waals surface area contributed by atoms with E-state index in [1.165, 1.54) is 4.90 Å². The van der Waals surface area contributed by atoms with E-state index < -0.39 is 0 Å². The summed E-state index contributed by atoms with van der Waals surface area (Å²) in [6.07, 6.45) is 1.65. The molecule has 0 heterocycles. The number of hydrogen-bond donors (Lipinski definition) is 3. The number of hydrogen-bond acceptors (Lipinski definition) is 3. The fourth-order valence-electron chi connectivity index (χ4n) is 1.75. The van der Waals surface area contributed by atoms with Gasteiger partial charge in [-0.05, 0) is 44.4 Å². The number of urea groups is 1. The number of carbonyl (C=O) groups is 1. The van der Waals surface area contributed by atoms with Crippen molar-refractivity contribution < 1.29 is 15.0 Å². The standard InChI is InChI=1S/C15H24N2O3/c1-11(16-15(20)17(3)12(2)10-18)4-5-13-6-8-14(19)9-7-13/h6-9,11-12,18-19H,4-5,10H2,1-3H3,(H,16,20). The second-order valence-electron chi connectivity index (χ2n) is 5.20. The van der Waals surface area contributed by atoms with Crippen LogP contribution in [0.1, 0.15) is 25.8 Å². The van der Waals surface area contributed by atoms with E-state index in [-0.39, 0.29) is 30.5 Å². The normalized spacial score (nSPS) is 13.6. The van der Waals surface area contributed by atoms with Crippen molar-refractivity contribution in [3.05, 3.63) is 29.8 Å². The zero-order chi connectivity index (χ0) is 15.1. The third-order valence-electron chi connectivity index (χ3n) is 3.42. The van der Waals surface area contributed by atoms with E-state index in [4.69, 9.17) is 5.11 Å². The number of nitrogens with zero attached hydrogens (tertiary/aromatic N) is 1. The molecule has 1 rings (SSSR count). The highest BCUT2D eigenvalue weighted by Gasteiger charge is 2.16. The van der Waals surface area contributed by atoms with Crippen molar-refractivity contribution in [3.63, 3.8) is 0 Å². The molecular formula is C15H24N2O3. The molecule has 0 saturated heterocycles. The Morgan fingerprint density at radius 1 is 1.30 bits per heavy atom. The Bertz CT molecular complexity index is 420. The van der Waals surface area contributed by atoms with Crippen molar-refractivity contribution in [2.24, 2.45) is 0 Å². The predicted molar refractivity (Wildman–Crippen MR) is 78.7 cm³/mol. The van der Waals surface area contributed by atoms with Crippen LogP contribution in [0.3, 0.4) is 0 Å². The molecule has 0 aromatic heterocycles. The molecule has 5 nitrogen and oxygen atoms in total. The van der Waals surface area contributed by atoms with Crippen LogP contribution in [-0.2, 0) is 6.42 Å². The van der Waals surface area contributed by atoms with Crippen LogP contribution in [0, 0.1) is 0 Å². The summed E-state index contributed by atoms with van der Waals surface area (Å²) in [6.45, 7) is 3.70. The third kappa shape index (κ3) is 5.09. The maximum atomic E-state index is 11.9. The van der Waals surface area contributed by atoms with Crippen LogP contribution in [0.2, 0.25) is 0 Å². The van der Waals surface area contributed by atoms with Crippen molar-refractivity contribution in [2.75, 3.05) is 13.7 Å². The van der Waals surface area contributed by atoms with Gasteiger partial charge in [0.15, 0.2) is 0 Å². The lowest BCUT2D eigenvalue weighted by atomic mass is 10.1. The summed E-state index contributed by atoms with van der Waals surface area (Å²) in [4.78, 5) is 13.4. The highest BCUT2D eigenvalue weighted by Crippen LogP contribution is 2.12.